The van der Waals surface area contributed by atoms with E-state index in [0.717, 1.165) is 17.3 Å². The van der Waals surface area contributed by atoms with Crippen LogP contribution in [0, 0.1) is 5.92 Å². The van der Waals surface area contributed by atoms with Gasteiger partial charge in [0.15, 0.2) is 5.65 Å². The first-order valence-corrected chi connectivity index (χ1v) is 10.3. The molecule has 0 saturated heterocycles. The van der Waals surface area contributed by atoms with Gasteiger partial charge in [-0.3, -0.25) is 9.89 Å². The number of carbonyl (C=O) groups is 1. The lowest BCUT2D eigenvalue weighted by molar-refractivity contribution is -0.128. The summed E-state index contributed by atoms with van der Waals surface area (Å²) < 4.78 is 30.9. The molecule has 2 aromatic rings. The number of aromatic nitrogens is 3. The van der Waals surface area contributed by atoms with Crippen molar-refractivity contribution in [2.45, 2.75) is 38.0 Å². The SMILES string of the molecule is CO[C@H]1C[C@@H](C(=O)NCc2[nH]nc3ncccc23)CC[C@@H]1NS(C)(=O)=O. The van der Waals surface area contributed by atoms with Crippen LogP contribution in [-0.4, -0.2) is 55.0 Å². The van der Waals surface area contributed by atoms with E-state index < -0.39 is 10.0 Å². The van der Waals surface area contributed by atoms with Crippen molar-refractivity contribution in [3.63, 3.8) is 0 Å². The first kappa shape index (κ1) is 18.7. The van der Waals surface area contributed by atoms with Crippen molar-refractivity contribution in [2.75, 3.05) is 13.4 Å². The molecule has 3 atom stereocenters. The fourth-order valence-corrected chi connectivity index (χ4v) is 4.21. The molecule has 0 unspecified atom stereocenters. The maximum atomic E-state index is 12.5. The Hall–Kier alpha value is -2.04. The van der Waals surface area contributed by atoms with E-state index in [0.29, 0.717) is 31.5 Å². The van der Waals surface area contributed by atoms with E-state index in [1.165, 1.54) is 7.11 Å². The number of hydrogen-bond acceptors (Lipinski definition) is 6. The number of nitrogens with one attached hydrogen (secondary N) is 3. The van der Waals surface area contributed by atoms with E-state index in [1.807, 2.05) is 12.1 Å². The predicted octanol–water partition coefficient (Wildman–Crippen LogP) is 0.307. The van der Waals surface area contributed by atoms with Gasteiger partial charge in [-0.15, -0.1) is 0 Å². The summed E-state index contributed by atoms with van der Waals surface area (Å²) in [6.07, 6.45) is 4.10. The van der Waals surface area contributed by atoms with Crippen molar-refractivity contribution >= 4 is 27.0 Å². The Morgan fingerprint density at radius 3 is 2.96 bits per heavy atom. The van der Waals surface area contributed by atoms with Gasteiger partial charge in [-0.25, -0.2) is 18.1 Å². The van der Waals surface area contributed by atoms with E-state index in [4.69, 9.17) is 4.74 Å². The molecule has 10 heteroatoms. The van der Waals surface area contributed by atoms with Crippen LogP contribution in [0.4, 0.5) is 0 Å². The zero-order chi connectivity index (χ0) is 18.7. The number of methoxy groups -OCH3 is 1. The second-order valence-electron chi connectivity index (χ2n) is 6.58. The Bertz CT molecular complexity index is 882. The van der Waals surface area contributed by atoms with E-state index in [1.54, 1.807) is 6.20 Å². The van der Waals surface area contributed by atoms with Crippen molar-refractivity contribution in [1.82, 2.24) is 25.2 Å². The number of aromatic amines is 1. The molecule has 0 bridgehead atoms. The van der Waals surface area contributed by atoms with Crippen LogP contribution in [0.2, 0.25) is 0 Å². The standard InChI is InChI=1S/C16H23N5O4S/c1-25-14-8-10(5-6-12(14)21-26(2,23)24)16(22)18-9-13-11-4-3-7-17-15(11)20-19-13/h3-4,7,10,12,14,21H,5-6,8-9H2,1-2H3,(H,18,22)(H,17,19,20)/t10-,12-,14-/m0/s1. The number of pyridine rings is 1. The molecule has 2 heterocycles. The van der Waals surface area contributed by atoms with Crippen molar-refractivity contribution in [2.24, 2.45) is 5.92 Å². The molecular formula is C16H23N5O4S. The fourth-order valence-electron chi connectivity index (χ4n) is 3.39. The largest absolute Gasteiger partial charge is 0.380 e. The number of ether oxygens (including phenoxy) is 1. The molecule has 0 spiro atoms. The Morgan fingerprint density at radius 1 is 1.42 bits per heavy atom. The Balaban J connectivity index is 1.58. The second-order valence-corrected chi connectivity index (χ2v) is 8.36. The van der Waals surface area contributed by atoms with Gasteiger partial charge in [-0.1, -0.05) is 0 Å². The number of sulfonamides is 1. The van der Waals surface area contributed by atoms with Gasteiger partial charge < -0.3 is 10.1 Å². The van der Waals surface area contributed by atoms with Gasteiger partial charge in [0, 0.05) is 30.7 Å². The smallest absolute Gasteiger partial charge is 0.223 e. The van der Waals surface area contributed by atoms with Crippen LogP contribution in [0.25, 0.3) is 11.0 Å². The number of nitrogens with zero attached hydrogens (tertiary/aromatic N) is 2. The number of fused-ring (bicyclic) bond motifs is 1. The van der Waals surface area contributed by atoms with Crippen molar-refractivity contribution < 1.29 is 17.9 Å². The molecule has 1 aliphatic carbocycles. The zero-order valence-corrected chi connectivity index (χ0v) is 15.5. The number of carbonyl (C=O) groups excluding carboxylic acids is 1. The molecule has 3 N–H and O–H groups in total. The van der Waals surface area contributed by atoms with Gasteiger partial charge in [0.05, 0.1) is 24.6 Å². The van der Waals surface area contributed by atoms with Gasteiger partial charge >= 0.3 is 0 Å². The summed E-state index contributed by atoms with van der Waals surface area (Å²) in [5.74, 6) is -0.290. The van der Waals surface area contributed by atoms with Crippen LogP contribution in [-0.2, 0) is 26.1 Å². The van der Waals surface area contributed by atoms with Gasteiger partial charge in [0.25, 0.3) is 0 Å². The van der Waals surface area contributed by atoms with E-state index in [2.05, 4.69) is 25.2 Å². The van der Waals surface area contributed by atoms with Gasteiger partial charge in [0.2, 0.25) is 15.9 Å². The zero-order valence-electron chi connectivity index (χ0n) is 14.7. The monoisotopic (exact) mass is 381 g/mol. The number of rotatable bonds is 6. The summed E-state index contributed by atoms with van der Waals surface area (Å²) >= 11 is 0. The molecule has 3 rings (SSSR count). The van der Waals surface area contributed by atoms with E-state index in [9.17, 15) is 13.2 Å². The van der Waals surface area contributed by atoms with Gasteiger partial charge in [0.1, 0.15) is 0 Å². The number of hydrogen-bond donors (Lipinski definition) is 3. The quantitative estimate of drug-likeness (QED) is 0.661. The lowest BCUT2D eigenvalue weighted by atomic mass is 9.83. The summed E-state index contributed by atoms with van der Waals surface area (Å²) in [6, 6.07) is 3.42. The lowest BCUT2D eigenvalue weighted by Gasteiger charge is -2.34. The molecule has 1 saturated carbocycles. The Morgan fingerprint density at radius 2 is 2.23 bits per heavy atom. The highest BCUT2D eigenvalue weighted by Crippen LogP contribution is 2.27. The maximum absolute atomic E-state index is 12.5. The molecule has 9 nitrogen and oxygen atoms in total. The van der Waals surface area contributed by atoms with Crippen LogP contribution in [0.5, 0.6) is 0 Å². The Kier molecular flexibility index (Phi) is 5.54. The molecule has 1 amide bonds. The van der Waals surface area contributed by atoms with E-state index in [-0.39, 0.29) is 24.0 Å². The van der Waals surface area contributed by atoms with Crippen LogP contribution in [0.15, 0.2) is 18.3 Å². The number of H-pyrrole nitrogens is 1. The summed E-state index contributed by atoms with van der Waals surface area (Å²) in [5.41, 5.74) is 1.42. The highest BCUT2D eigenvalue weighted by molar-refractivity contribution is 7.88. The van der Waals surface area contributed by atoms with Crippen LogP contribution in [0.3, 0.4) is 0 Å². The third kappa shape index (κ3) is 4.37. The minimum atomic E-state index is -3.31. The first-order chi connectivity index (χ1) is 12.4. The molecular weight excluding hydrogens is 358 g/mol. The maximum Gasteiger partial charge on any atom is 0.223 e. The number of amides is 1. The normalized spacial score (nSPS) is 23.8. The lowest BCUT2D eigenvalue weighted by Crippen LogP contribution is -2.49. The summed E-state index contributed by atoms with van der Waals surface area (Å²) in [6.45, 7) is 0.334. The second kappa shape index (κ2) is 7.68. The third-order valence-electron chi connectivity index (χ3n) is 4.68. The fraction of sp³-hybridized carbons (Fsp3) is 0.562. The average Bonchev–Trinajstić information content (AvgIpc) is 3.02. The predicted molar refractivity (Wildman–Crippen MR) is 95.6 cm³/mol. The highest BCUT2D eigenvalue weighted by atomic mass is 32.2. The highest BCUT2D eigenvalue weighted by Gasteiger charge is 2.35. The summed E-state index contributed by atoms with van der Waals surface area (Å²) in [4.78, 5) is 16.7. The minimum Gasteiger partial charge on any atom is -0.380 e. The average molecular weight is 381 g/mol. The molecule has 26 heavy (non-hydrogen) atoms. The van der Waals surface area contributed by atoms with Crippen LogP contribution < -0.4 is 10.0 Å². The van der Waals surface area contributed by atoms with Crippen molar-refractivity contribution in [1.29, 1.82) is 0 Å². The van der Waals surface area contributed by atoms with Crippen molar-refractivity contribution in [3.8, 4) is 0 Å². The topological polar surface area (TPSA) is 126 Å². The molecule has 0 aliphatic heterocycles. The molecule has 1 fully saturated rings. The first-order valence-electron chi connectivity index (χ1n) is 8.43. The van der Waals surface area contributed by atoms with E-state index >= 15 is 0 Å². The van der Waals surface area contributed by atoms with Gasteiger partial charge in [-0.05, 0) is 31.4 Å². The van der Waals surface area contributed by atoms with Crippen molar-refractivity contribution in [3.05, 3.63) is 24.0 Å². The van der Waals surface area contributed by atoms with Gasteiger partial charge in [-0.2, -0.15) is 5.10 Å². The molecule has 142 valence electrons. The minimum absolute atomic E-state index is 0.0727. The Labute approximate surface area is 152 Å². The molecule has 2 aromatic heterocycles. The third-order valence-corrected chi connectivity index (χ3v) is 5.41. The molecule has 0 radical (unpaired) electrons. The molecule has 1 aliphatic rings. The van der Waals surface area contributed by atoms with Crippen LogP contribution in [0.1, 0.15) is 25.0 Å². The molecule has 0 aromatic carbocycles. The summed E-state index contributed by atoms with van der Waals surface area (Å²) in [5, 5.41) is 10.8. The van der Waals surface area contributed by atoms with Crippen LogP contribution >= 0.6 is 0 Å². The summed E-state index contributed by atoms with van der Waals surface area (Å²) in [7, 11) is -1.78.